The Morgan fingerprint density at radius 2 is 1.11 bits per heavy atom. The summed E-state index contributed by atoms with van der Waals surface area (Å²) in [4.78, 5) is 11.0. The van der Waals surface area contributed by atoms with Crippen molar-refractivity contribution in [1.82, 2.24) is 4.90 Å². The lowest BCUT2D eigenvalue weighted by Crippen LogP contribution is -2.28. The van der Waals surface area contributed by atoms with Crippen LogP contribution in [0.5, 0.6) is 0 Å². The fourth-order valence-electron chi connectivity index (χ4n) is 3.47. The van der Waals surface area contributed by atoms with E-state index in [1.807, 2.05) is 0 Å². The fourth-order valence-corrected chi connectivity index (χ4v) is 3.47. The Labute approximate surface area is 175 Å². The Balaban J connectivity index is 3.07. The maximum atomic E-state index is 8.61. The lowest BCUT2D eigenvalue weighted by molar-refractivity contribution is 0.0378. The number of hydrogen-bond acceptors (Lipinski definition) is 3. The first-order chi connectivity index (χ1) is 13.8. The molecule has 4 heteroatoms. The van der Waals surface area contributed by atoms with Crippen molar-refractivity contribution >= 4 is 6.29 Å². The van der Waals surface area contributed by atoms with Gasteiger partial charge in [-0.2, -0.15) is 0 Å². The van der Waals surface area contributed by atoms with Crippen LogP contribution in [0.4, 0.5) is 0 Å². The molecule has 0 spiro atoms. The molecule has 0 aromatic heterocycles. The molecule has 0 saturated carbocycles. The van der Waals surface area contributed by atoms with Gasteiger partial charge in [-0.25, -0.2) is 0 Å². The third-order valence-corrected chi connectivity index (χ3v) is 5.28. The standard InChI is InChI=1S/C24H49NO3/c1-3-18-25(4-2)19-22-28-24-23-27-21-17-15-13-11-9-7-5-6-8-10-12-14-16-20-26/h20H,3-19,21-24H2,1-2H3/p+1. The summed E-state index contributed by atoms with van der Waals surface area (Å²) in [6.07, 6.45) is 19.2. The second-order valence-corrected chi connectivity index (χ2v) is 7.87. The van der Waals surface area contributed by atoms with Crippen LogP contribution < -0.4 is 0 Å². The minimum absolute atomic E-state index is 0.726. The van der Waals surface area contributed by atoms with Crippen LogP contribution in [-0.2, 0) is 9.47 Å². The summed E-state index contributed by atoms with van der Waals surface area (Å²) >= 11 is 0. The lowest BCUT2D eigenvalue weighted by Gasteiger charge is -2.19. The number of hydrogen-bond donors (Lipinski definition) is 0. The number of unbranched alkanes of at least 4 members (excludes halogenated alkanes) is 12. The zero-order chi connectivity index (χ0) is 20.5. The third kappa shape index (κ3) is 21.8. The Kier molecular flexibility index (Phi) is 24.2. The minimum atomic E-state index is 0.726. The van der Waals surface area contributed by atoms with Gasteiger partial charge in [0.2, 0.25) is 0 Å². The monoisotopic (exact) mass is 400 g/mol. The molecule has 0 unspecified atom stereocenters. The van der Waals surface area contributed by atoms with E-state index in [0.717, 1.165) is 52.4 Å². The summed E-state index contributed by atoms with van der Waals surface area (Å²) in [6, 6.07) is 0. The molecule has 0 aromatic rings. The highest BCUT2D eigenvalue weighted by atomic mass is 16.5. The summed E-state index contributed by atoms with van der Waals surface area (Å²) in [5.41, 5.74) is 0. The number of likely N-dealkylation sites (N-methyl/N-ethyl adjacent to an activating group) is 1. The van der Waals surface area contributed by atoms with E-state index in [1.54, 1.807) is 0 Å². The highest BCUT2D eigenvalue weighted by molar-refractivity contribution is 5.50. The fraction of sp³-hybridized carbons (Fsp3) is 0.958. The highest BCUT2D eigenvalue weighted by Crippen LogP contribution is 2.12. The van der Waals surface area contributed by atoms with Crippen molar-refractivity contribution in [3.8, 4) is 0 Å². The molecule has 28 heavy (non-hydrogen) atoms. The number of nitrogens with zero attached hydrogens (tertiary/aromatic N) is 1. The summed E-state index contributed by atoms with van der Waals surface area (Å²) in [5, 5.41) is 0. The van der Waals surface area contributed by atoms with E-state index in [4.69, 9.17) is 14.3 Å². The lowest BCUT2D eigenvalue weighted by atomic mass is 10.0. The van der Waals surface area contributed by atoms with Gasteiger partial charge in [-0.05, 0) is 32.4 Å². The van der Waals surface area contributed by atoms with E-state index in [2.05, 4.69) is 18.7 Å². The van der Waals surface area contributed by atoms with Crippen LogP contribution in [0.1, 0.15) is 104 Å². The van der Waals surface area contributed by atoms with Gasteiger partial charge in [-0.3, -0.25) is 4.79 Å². The first-order valence-corrected chi connectivity index (χ1v) is 12.2. The molecular formula is C24H50NO3+. The van der Waals surface area contributed by atoms with E-state index in [-0.39, 0.29) is 0 Å². The molecule has 0 aliphatic rings. The van der Waals surface area contributed by atoms with E-state index < -0.39 is 0 Å². The van der Waals surface area contributed by atoms with Crippen molar-refractivity contribution in [2.75, 3.05) is 46.1 Å². The molecule has 0 aromatic carbocycles. The van der Waals surface area contributed by atoms with Crippen LogP contribution in [0.25, 0.3) is 0 Å². The van der Waals surface area contributed by atoms with Crippen molar-refractivity contribution in [3.63, 3.8) is 0 Å². The van der Waals surface area contributed by atoms with Crippen LogP contribution in [0.2, 0.25) is 0 Å². The Morgan fingerprint density at radius 3 is 1.61 bits per heavy atom. The average Bonchev–Trinajstić information content (AvgIpc) is 2.71. The predicted molar refractivity (Wildman–Crippen MR) is 122 cm³/mol. The second kappa shape index (κ2) is 24.6. The molecule has 0 bridgehead atoms. The average molecular weight is 401 g/mol. The Hall–Kier alpha value is -0.450. The highest BCUT2D eigenvalue weighted by Gasteiger charge is 2.00. The van der Waals surface area contributed by atoms with Gasteiger partial charge in [-0.1, -0.05) is 78.1 Å². The smallest absolute Gasteiger partial charge is 0.281 e. The van der Waals surface area contributed by atoms with Gasteiger partial charge in [0.15, 0.2) is 0 Å². The summed E-state index contributed by atoms with van der Waals surface area (Å²) in [7, 11) is 0. The Morgan fingerprint density at radius 1 is 0.607 bits per heavy atom. The molecule has 0 rings (SSSR count). The first-order valence-electron chi connectivity index (χ1n) is 12.2. The van der Waals surface area contributed by atoms with Gasteiger partial charge in [0, 0.05) is 13.2 Å². The van der Waals surface area contributed by atoms with E-state index in [9.17, 15) is 0 Å². The van der Waals surface area contributed by atoms with Crippen molar-refractivity contribution in [1.29, 1.82) is 0 Å². The Bertz CT molecular complexity index is 300. The van der Waals surface area contributed by atoms with E-state index in [0.29, 0.717) is 0 Å². The third-order valence-electron chi connectivity index (χ3n) is 5.28. The molecule has 168 valence electrons. The molecular weight excluding hydrogens is 350 g/mol. The van der Waals surface area contributed by atoms with Gasteiger partial charge in [0.1, 0.15) is 0 Å². The molecule has 0 atom stereocenters. The van der Waals surface area contributed by atoms with Crippen LogP contribution in [-0.4, -0.2) is 62.0 Å². The van der Waals surface area contributed by atoms with Crippen molar-refractivity contribution < 1.29 is 14.3 Å². The SMILES string of the molecule is CCCN(CC)CCOCCOCCCCCCCCCCCCCCC=[OH+]. The summed E-state index contributed by atoms with van der Waals surface area (Å²) in [6.45, 7) is 10.9. The molecule has 0 aliphatic carbocycles. The number of ether oxygens (including phenoxy) is 2. The van der Waals surface area contributed by atoms with Crippen molar-refractivity contribution in [2.24, 2.45) is 0 Å². The molecule has 0 aliphatic heterocycles. The molecule has 0 heterocycles. The topological polar surface area (TPSA) is 43.1 Å². The molecule has 0 saturated heterocycles. The van der Waals surface area contributed by atoms with E-state index in [1.165, 1.54) is 89.9 Å². The van der Waals surface area contributed by atoms with Crippen LogP contribution in [0.3, 0.4) is 0 Å². The molecule has 0 amide bonds. The zero-order valence-corrected chi connectivity index (χ0v) is 19.1. The second-order valence-electron chi connectivity index (χ2n) is 7.87. The van der Waals surface area contributed by atoms with Gasteiger partial charge in [0.25, 0.3) is 6.29 Å². The molecule has 4 nitrogen and oxygen atoms in total. The summed E-state index contributed by atoms with van der Waals surface area (Å²) < 4.78 is 11.3. The number of aldehydes is 1. The summed E-state index contributed by atoms with van der Waals surface area (Å²) in [5.74, 6) is 0. The number of carbonyl (C=O) groups excluding carboxylic acids is 1. The molecule has 0 fully saturated rings. The molecule has 1 N–H and O–H groups in total. The zero-order valence-electron chi connectivity index (χ0n) is 19.1. The van der Waals surface area contributed by atoms with Crippen LogP contribution in [0, 0.1) is 0 Å². The quantitative estimate of drug-likeness (QED) is 0.113. The minimum Gasteiger partial charge on any atom is -0.379 e. The van der Waals surface area contributed by atoms with Crippen molar-refractivity contribution in [3.05, 3.63) is 0 Å². The maximum absolute atomic E-state index is 8.61. The van der Waals surface area contributed by atoms with Crippen LogP contribution >= 0.6 is 0 Å². The maximum Gasteiger partial charge on any atom is 0.281 e. The van der Waals surface area contributed by atoms with Crippen LogP contribution in [0.15, 0.2) is 0 Å². The van der Waals surface area contributed by atoms with Gasteiger partial charge in [0.05, 0.1) is 26.2 Å². The normalized spacial score (nSPS) is 11.4. The van der Waals surface area contributed by atoms with Gasteiger partial charge in [-0.15, -0.1) is 0 Å². The van der Waals surface area contributed by atoms with Crippen molar-refractivity contribution in [2.45, 2.75) is 104 Å². The largest absolute Gasteiger partial charge is 0.379 e. The first kappa shape index (κ1) is 27.5. The van der Waals surface area contributed by atoms with Gasteiger partial charge < -0.3 is 14.4 Å². The number of rotatable bonds is 24. The molecule has 0 radical (unpaired) electrons. The van der Waals surface area contributed by atoms with E-state index >= 15 is 0 Å². The van der Waals surface area contributed by atoms with Gasteiger partial charge >= 0.3 is 0 Å². The predicted octanol–water partition coefficient (Wildman–Crippen LogP) is 6.00.